The Labute approximate surface area is 160 Å². The molecule has 0 aliphatic rings. The summed E-state index contributed by atoms with van der Waals surface area (Å²) in [5, 5.41) is 8.05. The molecular weight excluding hydrogens is 403 g/mol. The summed E-state index contributed by atoms with van der Waals surface area (Å²) in [4.78, 5) is 23.3. The van der Waals surface area contributed by atoms with Gasteiger partial charge >= 0.3 is 5.97 Å². The third-order valence-electron chi connectivity index (χ3n) is 3.21. The fourth-order valence-electron chi connectivity index (χ4n) is 1.92. The normalized spacial score (nSPS) is 11.0. The van der Waals surface area contributed by atoms with Crippen molar-refractivity contribution in [3.8, 4) is 0 Å². The summed E-state index contributed by atoms with van der Waals surface area (Å²) in [7, 11) is -4.09. The molecule has 7 nitrogen and oxygen atoms in total. The van der Waals surface area contributed by atoms with Crippen molar-refractivity contribution in [2.45, 2.75) is 11.4 Å². The van der Waals surface area contributed by atoms with E-state index in [1.54, 1.807) is 24.3 Å². The lowest BCUT2D eigenvalue weighted by atomic mass is 10.2. The first-order valence-corrected chi connectivity index (χ1v) is 9.47. The van der Waals surface area contributed by atoms with Crippen LogP contribution in [0.2, 0.25) is 10.0 Å². The molecule has 0 unspecified atom stereocenters. The summed E-state index contributed by atoms with van der Waals surface area (Å²) in [6, 6.07) is 10.3. The maximum atomic E-state index is 12.0. The molecule has 26 heavy (non-hydrogen) atoms. The molecule has 3 N–H and O–H groups in total. The molecule has 0 heterocycles. The van der Waals surface area contributed by atoms with E-state index in [1.807, 2.05) is 0 Å². The number of carbonyl (C=O) groups is 2. The highest BCUT2D eigenvalue weighted by atomic mass is 35.5. The Morgan fingerprint density at radius 1 is 1.08 bits per heavy atom. The molecule has 2 aromatic rings. The van der Waals surface area contributed by atoms with Crippen LogP contribution in [0.4, 0.5) is 0 Å². The molecule has 2 rings (SSSR count). The predicted molar refractivity (Wildman–Crippen MR) is 96.4 cm³/mol. The molecule has 0 spiro atoms. The number of hydrogen-bond donors (Lipinski definition) is 2. The molecule has 0 fully saturated rings. The number of carbonyl (C=O) groups excluding carboxylic acids is 2. The number of hydrogen-bond acceptors (Lipinski definition) is 5. The molecular formula is C16H14Cl2N2O5S. The molecule has 1 amide bonds. The van der Waals surface area contributed by atoms with Crippen LogP contribution in [0.5, 0.6) is 0 Å². The van der Waals surface area contributed by atoms with Gasteiger partial charge in [-0.2, -0.15) is 0 Å². The van der Waals surface area contributed by atoms with Gasteiger partial charge in [-0.1, -0.05) is 35.3 Å². The average molecular weight is 417 g/mol. The number of primary sulfonamides is 1. The highest BCUT2D eigenvalue weighted by molar-refractivity contribution is 7.89. The summed E-state index contributed by atoms with van der Waals surface area (Å²) in [6.45, 7) is -0.288. The van der Waals surface area contributed by atoms with E-state index in [1.165, 1.54) is 12.1 Å². The number of rotatable bonds is 6. The van der Waals surface area contributed by atoms with Crippen LogP contribution in [-0.4, -0.2) is 26.9 Å². The number of sulfonamides is 1. The van der Waals surface area contributed by atoms with Gasteiger partial charge in [-0.25, -0.2) is 18.4 Å². The van der Waals surface area contributed by atoms with Crippen molar-refractivity contribution in [3.05, 3.63) is 63.6 Å². The van der Waals surface area contributed by atoms with Crippen LogP contribution in [0.1, 0.15) is 15.9 Å². The van der Waals surface area contributed by atoms with Crippen molar-refractivity contribution in [1.29, 1.82) is 0 Å². The maximum Gasteiger partial charge on any atom is 0.338 e. The number of nitrogens with two attached hydrogens (primary N) is 1. The number of ether oxygens (including phenoxy) is 1. The van der Waals surface area contributed by atoms with Gasteiger partial charge in [0.2, 0.25) is 10.0 Å². The minimum absolute atomic E-state index is 0.0936. The van der Waals surface area contributed by atoms with Gasteiger partial charge in [-0.3, -0.25) is 4.79 Å². The lowest BCUT2D eigenvalue weighted by Gasteiger charge is -2.08. The average Bonchev–Trinajstić information content (AvgIpc) is 2.58. The monoisotopic (exact) mass is 416 g/mol. The summed E-state index contributed by atoms with van der Waals surface area (Å²) in [5.74, 6) is -1.40. The zero-order valence-corrected chi connectivity index (χ0v) is 15.6. The van der Waals surface area contributed by atoms with Gasteiger partial charge in [0.25, 0.3) is 5.91 Å². The first-order chi connectivity index (χ1) is 12.2. The van der Waals surface area contributed by atoms with Crippen LogP contribution in [0, 0.1) is 0 Å². The van der Waals surface area contributed by atoms with Crippen LogP contribution in [-0.2, 0) is 26.1 Å². The van der Waals surface area contributed by atoms with Crippen LogP contribution in [0.15, 0.2) is 47.4 Å². The summed E-state index contributed by atoms with van der Waals surface area (Å²) < 4.78 is 27.7. The largest absolute Gasteiger partial charge is 0.452 e. The van der Waals surface area contributed by atoms with E-state index >= 15 is 0 Å². The highest BCUT2D eigenvalue weighted by Crippen LogP contribution is 2.21. The van der Waals surface area contributed by atoms with Crippen LogP contribution >= 0.6 is 23.2 Å². The molecule has 2 aromatic carbocycles. The summed E-state index contributed by atoms with van der Waals surface area (Å²) in [6.07, 6.45) is 0. The van der Waals surface area contributed by atoms with Crippen LogP contribution in [0.25, 0.3) is 0 Å². The van der Waals surface area contributed by atoms with Crippen molar-refractivity contribution in [2.24, 2.45) is 5.14 Å². The fraction of sp³-hybridized carbons (Fsp3) is 0.125. The Balaban J connectivity index is 1.92. The second-order valence-corrected chi connectivity index (χ2v) is 7.54. The van der Waals surface area contributed by atoms with E-state index in [4.69, 9.17) is 33.1 Å². The Kier molecular flexibility index (Phi) is 6.60. The topological polar surface area (TPSA) is 116 Å². The molecule has 0 aliphatic heterocycles. The SMILES string of the molecule is NS(=O)(=O)c1cc(C(=O)OCC(=O)NCc2ccc(Cl)cc2)ccc1Cl. The first-order valence-electron chi connectivity index (χ1n) is 7.17. The van der Waals surface area contributed by atoms with Crippen molar-refractivity contribution >= 4 is 45.1 Å². The van der Waals surface area contributed by atoms with Gasteiger partial charge in [0.1, 0.15) is 4.90 Å². The fourth-order valence-corrected chi connectivity index (χ4v) is 3.11. The van der Waals surface area contributed by atoms with Gasteiger partial charge < -0.3 is 10.1 Å². The van der Waals surface area contributed by atoms with Crippen molar-refractivity contribution in [3.63, 3.8) is 0 Å². The molecule has 138 valence electrons. The Bertz CT molecular complexity index is 930. The van der Waals surface area contributed by atoms with Gasteiger partial charge in [-0.15, -0.1) is 0 Å². The number of benzene rings is 2. The standard InChI is InChI=1S/C16H14Cl2N2O5S/c17-12-4-1-10(2-5-12)8-20-15(21)9-25-16(22)11-3-6-13(18)14(7-11)26(19,23)24/h1-7H,8-9H2,(H,20,21)(H2,19,23,24). The summed E-state index contributed by atoms with van der Waals surface area (Å²) >= 11 is 11.5. The number of esters is 1. The Morgan fingerprint density at radius 3 is 2.35 bits per heavy atom. The smallest absolute Gasteiger partial charge is 0.338 e. The quantitative estimate of drug-likeness (QED) is 0.699. The molecule has 0 atom stereocenters. The van der Waals surface area contributed by atoms with Crippen LogP contribution in [0.3, 0.4) is 0 Å². The van der Waals surface area contributed by atoms with E-state index in [0.717, 1.165) is 11.6 Å². The third-order valence-corrected chi connectivity index (χ3v) is 4.86. The second-order valence-electron chi connectivity index (χ2n) is 5.17. The zero-order chi connectivity index (χ0) is 19.3. The molecule has 0 aliphatic carbocycles. The van der Waals surface area contributed by atoms with Crippen LogP contribution < -0.4 is 10.5 Å². The molecule has 0 saturated carbocycles. The van der Waals surface area contributed by atoms with E-state index < -0.39 is 33.4 Å². The maximum absolute atomic E-state index is 12.0. The van der Waals surface area contributed by atoms with E-state index in [0.29, 0.717) is 5.02 Å². The van der Waals surface area contributed by atoms with Gasteiger partial charge in [0.15, 0.2) is 6.61 Å². The van der Waals surface area contributed by atoms with Gasteiger partial charge in [-0.05, 0) is 35.9 Å². The van der Waals surface area contributed by atoms with E-state index in [-0.39, 0.29) is 17.1 Å². The molecule has 0 bridgehead atoms. The number of amides is 1. The Hall–Kier alpha value is -2.13. The number of nitrogens with one attached hydrogen (secondary N) is 1. The lowest BCUT2D eigenvalue weighted by Crippen LogP contribution is -2.28. The van der Waals surface area contributed by atoms with Crippen molar-refractivity contribution in [1.82, 2.24) is 5.32 Å². The first kappa shape index (κ1) is 20.2. The minimum Gasteiger partial charge on any atom is -0.452 e. The van der Waals surface area contributed by atoms with Crippen molar-refractivity contribution in [2.75, 3.05) is 6.61 Å². The van der Waals surface area contributed by atoms with E-state index in [9.17, 15) is 18.0 Å². The third kappa shape index (κ3) is 5.70. The highest BCUT2D eigenvalue weighted by Gasteiger charge is 2.17. The van der Waals surface area contributed by atoms with Gasteiger partial charge in [0, 0.05) is 11.6 Å². The lowest BCUT2D eigenvalue weighted by molar-refractivity contribution is -0.124. The van der Waals surface area contributed by atoms with Crippen molar-refractivity contribution < 1.29 is 22.7 Å². The minimum atomic E-state index is -4.09. The molecule has 0 radical (unpaired) electrons. The predicted octanol–water partition coefficient (Wildman–Crippen LogP) is 2.11. The Morgan fingerprint density at radius 2 is 1.73 bits per heavy atom. The van der Waals surface area contributed by atoms with E-state index in [2.05, 4.69) is 5.32 Å². The molecule has 0 aromatic heterocycles. The second kappa shape index (κ2) is 8.50. The molecule has 10 heteroatoms. The molecule has 0 saturated heterocycles. The summed E-state index contributed by atoms with van der Waals surface area (Å²) in [5.41, 5.74) is 0.730. The number of halogens is 2. The van der Waals surface area contributed by atoms with Gasteiger partial charge in [0.05, 0.1) is 10.6 Å². The zero-order valence-electron chi connectivity index (χ0n) is 13.2.